The number of aryl methyl sites for hydroxylation is 1. The summed E-state index contributed by atoms with van der Waals surface area (Å²) in [6.07, 6.45) is 0. The number of benzene rings is 1. The quantitative estimate of drug-likeness (QED) is 0.923. The summed E-state index contributed by atoms with van der Waals surface area (Å²) in [5, 5.41) is 3.21. The van der Waals surface area contributed by atoms with Gasteiger partial charge < -0.3 is 5.32 Å². The van der Waals surface area contributed by atoms with Crippen LogP contribution in [0.2, 0.25) is 0 Å². The van der Waals surface area contributed by atoms with Crippen LogP contribution in [0.4, 0.5) is 8.78 Å². The van der Waals surface area contributed by atoms with Crippen LogP contribution in [-0.4, -0.2) is 37.8 Å². The molecule has 0 aromatic heterocycles. The van der Waals surface area contributed by atoms with Crippen molar-refractivity contribution in [3.8, 4) is 0 Å². The number of alkyl halides is 1. The van der Waals surface area contributed by atoms with Gasteiger partial charge in [-0.2, -0.15) is 0 Å². The predicted octanol–water partition coefficient (Wildman–Crippen LogP) is 2.89. The molecule has 0 aliphatic carbocycles. The summed E-state index contributed by atoms with van der Waals surface area (Å²) in [5.41, 5.74) is 1.34. The number of piperazine rings is 1. The summed E-state index contributed by atoms with van der Waals surface area (Å²) >= 11 is 0. The van der Waals surface area contributed by atoms with Crippen LogP contribution in [0.3, 0.4) is 0 Å². The topological polar surface area (TPSA) is 15.3 Å². The van der Waals surface area contributed by atoms with Gasteiger partial charge in [-0.05, 0) is 18.6 Å². The van der Waals surface area contributed by atoms with Crippen LogP contribution in [0, 0.1) is 12.7 Å². The van der Waals surface area contributed by atoms with Crippen molar-refractivity contribution in [1.82, 2.24) is 10.2 Å². The van der Waals surface area contributed by atoms with Gasteiger partial charge in [0.05, 0.1) is 6.04 Å². The number of halogens is 4. The van der Waals surface area contributed by atoms with Gasteiger partial charge in [-0.15, -0.1) is 24.8 Å². The normalized spacial score (nSPS) is 17.2. The largest absolute Gasteiger partial charge is 0.314 e. The summed E-state index contributed by atoms with van der Waals surface area (Å²) < 4.78 is 27.0. The molecule has 19 heavy (non-hydrogen) atoms. The first kappa shape index (κ1) is 18.6. The molecular weight excluding hydrogens is 293 g/mol. The molecule has 0 saturated carbocycles. The predicted molar refractivity (Wildman–Crippen MR) is 78.8 cm³/mol. The zero-order valence-corrected chi connectivity index (χ0v) is 12.5. The Morgan fingerprint density at radius 2 is 1.89 bits per heavy atom. The highest BCUT2D eigenvalue weighted by atomic mass is 35.5. The van der Waals surface area contributed by atoms with Gasteiger partial charge in [0.1, 0.15) is 12.5 Å². The molecule has 1 saturated heterocycles. The molecule has 0 bridgehead atoms. The van der Waals surface area contributed by atoms with E-state index >= 15 is 0 Å². The number of hydrogen-bond acceptors (Lipinski definition) is 2. The number of nitrogens with one attached hydrogen (secondary N) is 1. The first-order chi connectivity index (χ1) is 8.22. The molecular formula is C13H20Cl2F2N2. The minimum absolute atomic E-state index is 0. The van der Waals surface area contributed by atoms with Crippen molar-refractivity contribution in [2.75, 3.05) is 32.9 Å². The summed E-state index contributed by atoms with van der Waals surface area (Å²) in [7, 11) is 0. The lowest BCUT2D eigenvalue weighted by Crippen LogP contribution is -2.45. The van der Waals surface area contributed by atoms with Crippen LogP contribution in [0.5, 0.6) is 0 Å². The van der Waals surface area contributed by atoms with E-state index in [-0.39, 0.29) is 30.6 Å². The lowest BCUT2D eigenvalue weighted by Gasteiger charge is -2.33. The van der Waals surface area contributed by atoms with Crippen LogP contribution in [0.1, 0.15) is 17.2 Å². The lowest BCUT2D eigenvalue weighted by atomic mass is 10.0. The van der Waals surface area contributed by atoms with Crippen LogP contribution < -0.4 is 5.32 Å². The monoisotopic (exact) mass is 312 g/mol. The average Bonchev–Trinajstić information content (AvgIpc) is 2.34. The zero-order valence-electron chi connectivity index (χ0n) is 10.9. The third-order valence-electron chi connectivity index (χ3n) is 3.25. The molecule has 1 heterocycles. The van der Waals surface area contributed by atoms with Crippen molar-refractivity contribution in [2.45, 2.75) is 13.0 Å². The van der Waals surface area contributed by atoms with E-state index in [9.17, 15) is 8.78 Å². The van der Waals surface area contributed by atoms with E-state index in [0.717, 1.165) is 31.7 Å². The molecule has 1 fully saturated rings. The van der Waals surface area contributed by atoms with Crippen molar-refractivity contribution in [1.29, 1.82) is 0 Å². The number of hydrogen-bond donors (Lipinski definition) is 1. The first-order valence-electron chi connectivity index (χ1n) is 5.99. The molecule has 0 unspecified atom stereocenters. The Hall–Kier alpha value is -0.420. The second-order valence-electron chi connectivity index (χ2n) is 4.48. The average molecular weight is 313 g/mol. The second-order valence-corrected chi connectivity index (χ2v) is 4.48. The highest BCUT2D eigenvalue weighted by molar-refractivity contribution is 5.85. The molecule has 0 amide bonds. The van der Waals surface area contributed by atoms with Gasteiger partial charge in [0.25, 0.3) is 0 Å². The fraction of sp³-hybridized carbons (Fsp3) is 0.538. The van der Waals surface area contributed by atoms with Crippen LogP contribution >= 0.6 is 24.8 Å². The maximum absolute atomic E-state index is 13.8. The van der Waals surface area contributed by atoms with Gasteiger partial charge in [-0.25, -0.2) is 8.78 Å². The summed E-state index contributed by atoms with van der Waals surface area (Å²) in [6, 6.07) is 4.57. The van der Waals surface area contributed by atoms with Crippen molar-refractivity contribution >= 4 is 24.8 Å². The molecule has 6 heteroatoms. The SMILES string of the molecule is Cc1ccc([C@@H](CF)N2CCNCC2)c(F)c1.Cl.Cl. The van der Waals surface area contributed by atoms with Crippen molar-refractivity contribution < 1.29 is 8.78 Å². The van der Waals surface area contributed by atoms with E-state index < -0.39 is 12.7 Å². The fourth-order valence-corrected chi connectivity index (χ4v) is 2.27. The molecule has 1 aliphatic rings. The minimum atomic E-state index is -0.542. The Labute approximate surface area is 125 Å². The van der Waals surface area contributed by atoms with Crippen molar-refractivity contribution in [3.05, 3.63) is 35.1 Å². The Bertz CT molecular complexity index is 385. The molecule has 1 atom stereocenters. The maximum atomic E-state index is 13.8. The second kappa shape index (κ2) is 8.69. The third-order valence-corrected chi connectivity index (χ3v) is 3.25. The summed E-state index contributed by atoms with van der Waals surface area (Å²) in [6.45, 7) is 4.50. The smallest absolute Gasteiger partial charge is 0.128 e. The highest BCUT2D eigenvalue weighted by Crippen LogP contribution is 2.25. The van der Waals surface area contributed by atoms with Gasteiger partial charge in [0.15, 0.2) is 0 Å². The van der Waals surface area contributed by atoms with E-state index in [0.29, 0.717) is 5.56 Å². The van der Waals surface area contributed by atoms with E-state index in [1.54, 1.807) is 6.07 Å². The Morgan fingerprint density at radius 1 is 1.26 bits per heavy atom. The van der Waals surface area contributed by atoms with E-state index in [1.807, 2.05) is 17.9 Å². The highest BCUT2D eigenvalue weighted by Gasteiger charge is 2.24. The van der Waals surface area contributed by atoms with E-state index in [4.69, 9.17) is 0 Å². The molecule has 2 nitrogen and oxygen atoms in total. The molecule has 1 aromatic carbocycles. The Morgan fingerprint density at radius 3 is 2.42 bits per heavy atom. The first-order valence-corrected chi connectivity index (χ1v) is 5.99. The molecule has 1 N–H and O–H groups in total. The van der Waals surface area contributed by atoms with Gasteiger partial charge in [0, 0.05) is 31.7 Å². The number of nitrogens with zero attached hydrogens (tertiary/aromatic N) is 1. The van der Waals surface area contributed by atoms with Crippen LogP contribution in [0.15, 0.2) is 18.2 Å². The number of rotatable bonds is 3. The van der Waals surface area contributed by atoms with Gasteiger partial charge in [-0.3, -0.25) is 4.90 Å². The molecule has 1 aromatic rings. The van der Waals surface area contributed by atoms with Gasteiger partial charge in [0.2, 0.25) is 0 Å². The van der Waals surface area contributed by atoms with Gasteiger partial charge >= 0.3 is 0 Å². The Balaban J connectivity index is 0.00000162. The zero-order chi connectivity index (χ0) is 12.3. The Kier molecular flexibility index (Phi) is 8.50. The molecule has 2 rings (SSSR count). The van der Waals surface area contributed by atoms with Crippen LogP contribution in [-0.2, 0) is 0 Å². The van der Waals surface area contributed by atoms with Crippen molar-refractivity contribution in [2.24, 2.45) is 0 Å². The maximum Gasteiger partial charge on any atom is 0.128 e. The van der Waals surface area contributed by atoms with Crippen LogP contribution in [0.25, 0.3) is 0 Å². The summed E-state index contributed by atoms with van der Waals surface area (Å²) in [4.78, 5) is 2.00. The van der Waals surface area contributed by atoms with E-state index in [1.165, 1.54) is 6.07 Å². The molecule has 110 valence electrons. The molecule has 1 aliphatic heterocycles. The minimum Gasteiger partial charge on any atom is -0.314 e. The van der Waals surface area contributed by atoms with Crippen molar-refractivity contribution in [3.63, 3.8) is 0 Å². The van der Waals surface area contributed by atoms with Gasteiger partial charge in [-0.1, -0.05) is 12.1 Å². The summed E-state index contributed by atoms with van der Waals surface area (Å²) in [5.74, 6) is -0.300. The molecule has 0 radical (unpaired) electrons. The third kappa shape index (κ3) is 4.56. The standard InChI is InChI=1S/C13H18F2N2.2ClH/c1-10-2-3-11(12(15)8-10)13(9-14)17-6-4-16-5-7-17;;/h2-3,8,13,16H,4-7,9H2,1H3;2*1H/t13-;;/m1../s1. The fourth-order valence-electron chi connectivity index (χ4n) is 2.27. The molecule has 0 spiro atoms. The lowest BCUT2D eigenvalue weighted by molar-refractivity contribution is 0.144. The van der Waals surface area contributed by atoms with E-state index in [2.05, 4.69) is 5.32 Å².